The van der Waals surface area contributed by atoms with Gasteiger partial charge in [-0.1, -0.05) is 13.3 Å². The first-order valence-electron chi connectivity index (χ1n) is 10.9. The molecule has 0 unspecified atom stereocenters. The van der Waals surface area contributed by atoms with Crippen LogP contribution < -0.4 is 4.74 Å². The van der Waals surface area contributed by atoms with Gasteiger partial charge in [0.2, 0.25) is 0 Å². The van der Waals surface area contributed by atoms with E-state index >= 15 is 0 Å². The van der Waals surface area contributed by atoms with Crippen molar-refractivity contribution >= 4 is 16.9 Å². The zero-order chi connectivity index (χ0) is 20.8. The number of unbranched alkanes of at least 4 members (excludes halogenated alkanes) is 1. The van der Waals surface area contributed by atoms with Gasteiger partial charge >= 0.3 is 5.97 Å². The number of hydrogen-bond donors (Lipinski definition) is 0. The normalized spacial score (nSPS) is 19.6. The van der Waals surface area contributed by atoms with Crippen LogP contribution in [0.5, 0.6) is 5.75 Å². The number of hydrogen-bond acceptors (Lipinski definition) is 5. The Hall–Kier alpha value is -2.08. The van der Waals surface area contributed by atoms with Crippen molar-refractivity contribution in [2.45, 2.75) is 71.4 Å². The average Bonchev–Trinajstić information content (AvgIpc) is 3.13. The molecule has 0 radical (unpaired) electrons. The third-order valence-corrected chi connectivity index (χ3v) is 5.58. The number of fused-ring (bicyclic) bond motifs is 1. The number of nitrogens with zero attached hydrogens (tertiary/aromatic N) is 2. The number of methoxy groups -OCH3 is 1. The number of rotatable bonds is 9. The maximum Gasteiger partial charge on any atom is 0.341 e. The van der Waals surface area contributed by atoms with Gasteiger partial charge in [0.05, 0.1) is 24.8 Å². The summed E-state index contributed by atoms with van der Waals surface area (Å²) in [5, 5.41) is 5.73. The zero-order valence-electron chi connectivity index (χ0n) is 18.1. The Bertz CT molecular complexity index is 807. The van der Waals surface area contributed by atoms with Crippen molar-refractivity contribution in [1.29, 1.82) is 0 Å². The van der Waals surface area contributed by atoms with Crippen LogP contribution in [0.3, 0.4) is 0 Å². The Morgan fingerprint density at radius 1 is 1.24 bits per heavy atom. The molecule has 6 heteroatoms. The predicted octanol–water partition coefficient (Wildman–Crippen LogP) is 5.16. The Morgan fingerprint density at radius 2 is 2.00 bits per heavy atom. The van der Waals surface area contributed by atoms with Crippen LogP contribution >= 0.6 is 0 Å². The van der Waals surface area contributed by atoms with Crippen molar-refractivity contribution < 1.29 is 19.0 Å². The van der Waals surface area contributed by atoms with Crippen LogP contribution in [-0.4, -0.2) is 42.2 Å². The maximum absolute atomic E-state index is 12.2. The van der Waals surface area contributed by atoms with Gasteiger partial charge < -0.3 is 14.2 Å². The van der Waals surface area contributed by atoms with E-state index in [4.69, 9.17) is 19.3 Å². The summed E-state index contributed by atoms with van der Waals surface area (Å²) < 4.78 is 18.6. The average molecular weight is 403 g/mol. The second-order valence-corrected chi connectivity index (χ2v) is 8.28. The molecule has 0 aliphatic heterocycles. The van der Waals surface area contributed by atoms with Crippen molar-refractivity contribution in [3.05, 3.63) is 23.9 Å². The molecule has 0 saturated heterocycles. The molecule has 1 fully saturated rings. The van der Waals surface area contributed by atoms with Crippen LogP contribution in [0.1, 0.15) is 75.7 Å². The Labute approximate surface area is 173 Å². The number of ether oxygens (including phenoxy) is 3. The molecule has 0 bridgehead atoms. The van der Waals surface area contributed by atoms with E-state index in [1.807, 2.05) is 32.2 Å². The van der Waals surface area contributed by atoms with Crippen molar-refractivity contribution in [3.63, 3.8) is 0 Å². The number of carbonyl (C=O) groups is 1. The lowest BCUT2D eigenvalue weighted by Gasteiger charge is -2.28. The summed E-state index contributed by atoms with van der Waals surface area (Å²) >= 11 is 0. The van der Waals surface area contributed by atoms with Crippen LogP contribution in [0, 0.1) is 5.92 Å². The highest BCUT2D eigenvalue weighted by Gasteiger charge is 2.24. The number of carbonyl (C=O) groups excluding carboxylic acids is 1. The van der Waals surface area contributed by atoms with Crippen molar-refractivity contribution in [1.82, 2.24) is 9.78 Å². The molecule has 2 aromatic rings. The molecule has 1 heterocycles. The standard InChI is InChI=1S/C23H34N2O4/c1-5-6-11-28-15-17-7-9-19(10-8-17)25-14-18-12-20(23(26)27-4)22(29-16(2)3)13-21(18)24-25/h12-14,16-17,19H,5-11,15H2,1-4H3. The highest BCUT2D eigenvalue weighted by atomic mass is 16.5. The molecule has 1 saturated carbocycles. The van der Waals surface area contributed by atoms with E-state index in [0.29, 0.717) is 23.3 Å². The third kappa shape index (κ3) is 5.50. The minimum Gasteiger partial charge on any atom is -0.490 e. The third-order valence-electron chi connectivity index (χ3n) is 5.58. The van der Waals surface area contributed by atoms with E-state index in [-0.39, 0.29) is 12.1 Å². The van der Waals surface area contributed by atoms with Crippen LogP contribution in [0.25, 0.3) is 10.9 Å². The minimum absolute atomic E-state index is 0.0345. The Balaban J connectivity index is 1.70. The minimum atomic E-state index is -0.390. The lowest BCUT2D eigenvalue weighted by atomic mass is 9.86. The van der Waals surface area contributed by atoms with Gasteiger partial charge in [0.25, 0.3) is 0 Å². The first-order valence-corrected chi connectivity index (χ1v) is 10.9. The van der Waals surface area contributed by atoms with Gasteiger partial charge in [0.15, 0.2) is 0 Å². The van der Waals surface area contributed by atoms with Crippen LogP contribution in [0.15, 0.2) is 18.3 Å². The van der Waals surface area contributed by atoms with Crippen LogP contribution in [-0.2, 0) is 9.47 Å². The smallest absolute Gasteiger partial charge is 0.341 e. The lowest BCUT2D eigenvalue weighted by Crippen LogP contribution is -2.21. The molecule has 1 aliphatic rings. The van der Waals surface area contributed by atoms with E-state index in [1.165, 1.54) is 26.4 Å². The van der Waals surface area contributed by atoms with Crippen molar-refractivity contribution in [2.24, 2.45) is 5.92 Å². The number of esters is 1. The SMILES string of the molecule is CCCCOCC1CCC(n2cc3cc(C(=O)OC)c(OC(C)C)cc3n2)CC1. The van der Waals surface area contributed by atoms with Gasteiger partial charge in [-0.2, -0.15) is 5.10 Å². The van der Waals surface area contributed by atoms with Crippen molar-refractivity contribution in [2.75, 3.05) is 20.3 Å². The molecule has 1 aliphatic carbocycles. The molecule has 0 amide bonds. The summed E-state index contributed by atoms with van der Waals surface area (Å²) in [6, 6.07) is 4.08. The van der Waals surface area contributed by atoms with E-state index < -0.39 is 0 Å². The highest BCUT2D eigenvalue weighted by Crippen LogP contribution is 2.34. The van der Waals surface area contributed by atoms with Gasteiger partial charge in [0, 0.05) is 30.9 Å². The quantitative estimate of drug-likeness (QED) is 0.428. The van der Waals surface area contributed by atoms with E-state index in [2.05, 4.69) is 11.6 Å². The molecule has 3 rings (SSSR count). The summed E-state index contributed by atoms with van der Waals surface area (Å²) in [7, 11) is 1.39. The monoisotopic (exact) mass is 402 g/mol. The molecule has 1 aromatic carbocycles. The molecule has 0 spiro atoms. The summed E-state index contributed by atoms with van der Waals surface area (Å²) in [5.74, 6) is 0.793. The summed E-state index contributed by atoms with van der Waals surface area (Å²) in [6.07, 6.45) is 8.89. The fourth-order valence-corrected chi connectivity index (χ4v) is 3.95. The first-order chi connectivity index (χ1) is 14.0. The number of benzene rings is 1. The molecule has 1 aromatic heterocycles. The molecule has 0 N–H and O–H groups in total. The van der Waals surface area contributed by atoms with Gasteiger partial charge in [0.1, 0.15) is 11.3 Å². The van der Waals surface area contributed by atoms with Gasteiger partial charge in [-0.3, -0.25) is 4.68 Å². The summed E-state index contributed by atoms with van der Waals surface area (Å²) in [4.78, 5) is 12.2. The Kier molecular flexibility index (Phi) is 7.53. The molecular formula is C23H34N2O4. The maximum atomic E-state index is 12.2. The largest absolute Gasteiger partial charge is 0.490 e. The van der Waals surface area contributed by atoms with E-state index in [9.17, 15) is 4.79 Å². The first kappa shape index (κ1) is 21.6. The molecule has 29 heavy (non-hydrogen) atoms. The van der Waals surface area contributed by atoms with Gasteiger partial charge in [-0.05, 0) is 57.9 Å². The van der Waals surface area contributed by atoms with E-state index in [1.54, 1.807) is 0 Å². The van der Waals surface area contributed by atoms with Crippen LogP contribution in [0.2, 0.25) is 0 Å². The fourth-order valence-electron chi connectivity index (χ4n) is 3.95. The second kappa shape index (κ2) is 10.1. The van der Waals surface area contributed by atoms with Crippen LogP contribution in [0.4, 0.5) is 0 Å². The molecule has 6 nitrogen and oxygen atoms in total. The fraction of sp³-hybridized carbons (Fsp3) is 0.652. The Morgan fingerprint density at radius 3 is 2.66 bits per heavy atom. The van der Waals surface area contributed by atoms with Crippen molar-refractivity contribution in [3.8, 4) is 5.75 Å². The van der Waals surface area contributed by atoms with Gasteiger partial charge in [-0.15, -0.1) is 0 Å². The molecule has 160 valence electrons. The summed E-state index contributed by atoms with van der Waals surface area (Å²) in [6.45, 7) is 7.83. The van der Waals surface area contributed by atoms with Gasteiger partial charge in [-0.25, -0.2) is 4.79 Å². The predicted molar refractivity (Wildman–Crippen MR) is 114 cm³/mol. The molecule has 0 atom stereocenters. The van der Waals surface area contributed by atoms with E-state index in [0.717, 1.165) is 43.4 Å². The zero-order valence-corrected chi connectivity index (χ0v) is 18.1. The molecular weight excluding hydrogens is 368 g/mol. The topological polar surface area (TPSA) is 62.6 Å². The highest BCUT2D eigenvalue weighted by molar-refractivity contribution is 5.97. The summed E-state index contributed by atoms with van der Waals surface area (Å²) in [5.41, 5.74) is 1.29. The lowest BCUT2D eigenvalue weighted by molar-refractivity contribution is 0.0594. The second-order valence-electron chi connectivity index (χ2n) is 8.28. The number of aromatic nitrogens is 2.